The molecule has 3 rings (SSSR count). The fraction of sp³-hybridized carbons (Fsp3) is 0.263. The van der Waals surface area contributed by atoms with Gasteiger partial charge in [-0.05, 0) is 31.1 Å². The highest BCUT2D eigenvalue weighted by molar-refractivity contribution is 8.26. The standard InChI is InChI=1S/C19H19ClN4O2S2/c1-13(17(25)22-7-4-9-23-10-8-21-12-23)24-18(26)16(28-19(24)27)11-14-5-2-3-6-15(14)20/h2-3,5-6,8,10-13H,4,7,9H2,1H3,(H,22,25). The lowest BCUT2D eigenvalue weighted by molar-refractivity contribution is -0.132. The second-order valence-electron chi connectivity index (χ2n) is 6.19. The lowest BCUT2D eigenvalue weighted by Gasteiger charge is -2.22. The summed E-state index contributed by atoms with van der Waals surface area (Å²) < 4.78 is 2.31. The highest BCUT2D eigenvalue weighted by atomic mass is 35.5. The number of halogens is 1. The molecule has 1 saturated heterocycles. The van der Waals surface area contributed by atoms with Crippen molar-refractivity contribution in [3.63, 3.8) is 0 Å². The lowest BCUT2D eigenvalue weighted by atomic mass is 10.2. The first-order chi connectivity index (χ1) is 13.5. The van der Waals surface area contributed by atoms with Gasteiger partial charge in [-0.3, -0.25) is 14.5 Å². The van der Waals surface area contributed by atoms with Crippen molar-refractivity contribution in [2.24, 2.45) is 0 Å². The molecule has 146 valence electrons. The molecule has 2 heterocycles. The average Bonchev–Trinajstić information content (AvgIpc) is 3.28. The SMILES string of the molecule is CC(C(=O)NCCCn1ccnc1)N1C(=O)C(=Cc2ccccc2Cl)SC1=S. The zero-order chi connectivity index (χ0) is 20.1. The predicted molar refractivity (Wildman–Crippen MR) is 116 cm³/mol. The Kier molecular flexibility index (Phi) is 6.88. The fourth-order valence-corrected chi connectivity index (χ4v) is 4.30. The van der Waals surface area contributed by atoms with Crippen LogP contribution in [0.25, 0.3) is 6.08 Å². The van der Waals surface area contributed by atoms with Gasteiger partial charge in [-0.25, -0.2) is 4.98 Å². The molecule has 0 aliphatic carbocycles. The van der Waals surface area contributed by atoms with E-state index >= 15 is 0 Å². The summed E-state index contributed by atoms with van der Waals surface area (Å²) in [5.41, 5.74) is 0.737. The molecule has 0 bridgehead atoms. The van der Waals surface area contributed by atoms with Gasteiger partial charge in [-0.1, -0.05) is 53.8 Å². The summed E-state index contributed by atoms with van der Waals surface area (Å²) in [6, 6.07) is 6.57. The first kappa shape index (κ1) is 20.6. The molecule has 1 aromatic carbocycles. The van der Waals surface area contributed by atoms with Gasteiger partial charge in [0.25, 0.3) is 5.91 Å². The van der Waals surface area contributed by atoms with E-state index in [2.05, 4.69) is 10.3 Å². The maximum atomic E-state index is 12.8. The van der Waals surface area contributed by atoms with Gasteiger partial charge in [0.15, 0.2) is 0 Å². The maximum Gasteiger partial charge on any atom is 0.266 e. The van der Waals surface area contributed by atoms with Crippen LogP contribution in [0, 0.1) is 0 Å². The second-order valence-corrected chi connectivity index (χ2v) is 8.28. The van der Waals surface area contributed by atoms with Crippen LogP contribution in [0.15, 0.2) is 47.9 Å². The van der Waals surface area contributed by atoms with Crippen LogP contribution in [-0.2, 0) is 16.1 Å². The molecule has 0 saturated carbocycles. The van der Waals surface area contributed by atoms with E-state index in [4.69, 9.17) is 23.8 Å². The molecule has 1 aliphatic heterocycles. The van der Waals surface area contributed by atoms with E-state index in [0.717, 1.165) is 18.5 Å². The number of thiocarbonyl (C=S) groups is 1. The molecule has 1 fully saturated rings. The van der Waals surface area contributed by atoms with Gasteiger partial charge in [-0.2, -0.15) is 0 Å². The summed E-state index contributed by atoms with van der Waals surface area (Å²) >= 11 is 12.7. The summed E-state index contributed by atoms with van der Waals surface area (Å²) in [7, 11) is 0. The number of hydrogen-bond acceptors (Lipinski definition) is 5. The number of carbonyl (C=O) groups excluding carboxylic acids is 2. The molecule has 9 heteroatoms. The number of hydrogen-bond donors (Lipinski definition) is 1. The first-order valence-electron chi connectivity index (χ1n) is 8.72. The Morgan fingerprint density at radius 2 is 2.21 bits per heavy atom. The number of aromatic nitrogens is 2. The van der Waals surface area contributed by atoms with Crippen molar-refractivity contribution in [2.45, 2.75) is 25.9 Å². The van der Waals surface area contributed by atoms with Crippen molar-refractivity contribution in [1.29, 1.82) is 0 Å². The van der Waals surface area contributed by atoms with Crippen molar-refractivity contribution < 1.29 is 9.59 Å². The minimum atomic E-state index is -0.683. The van der Waals surface area contributed by atoms with Crippen molar-refractivity contribution in [1.82, 2.24) is 19.8 Å². The van der Waals surface area contributed by atoms with Crippen molar-refractivity contribution >= 4 is 57.8 Å². The van der Waals surface area contributed by atoms with Crippen LogP contribution in [0.3, 0.4) is 0 Å². The van der Waals surface area contributed by atoms with Crippen LogP contribution < -0.4 is 5.32 Å². The molecule has 1 N–H and O–H groups in total. The number of rotatable bonds is 7. The molecule has 0 spiro atoms. The van der Waals surface area contributed by atoms with E-state index in [1.54, 1.807) is 31.6 Å². The smallest absolute Gasteiger partial charge is 0.266 e. The number of aryl methyl sites for hydroxylation is 1. The van der Waals surface area contributed by atoms with Crippen LogP contribution in [-0.4, -0.2) is 43.2 Å². The normalized spacial score (nSPS) is 16.6. The topological polar surface area (TPSA) is 67.2 Å². The molecular formula is C19H19ClN4O2S2. The monoisotopic (exact) mass is 434 g/mol. The average molecular weight is 435 g/mol. The Morgan fingerprint density at radius 3 is 2.93 bits per heavy atom. The minimum Gasteiger partial charge on any atom is -0.354 e. The molecule has 2 aromatic rings. The lowest BCUT2D eigenvalue weighted by Crippen LogP contribution is -2.47. The third-order valence-electron chi connectivity index (χ3n) is 4.23. The van der Waals surface area contributed by atoms with E-state index in [-0.39, 0.29) is 11.8 Å². The van der Waals surface area contributed by atoms with E-state index in [0.29, 0.717) is 20.8 Å². The largest absolute Gasteiger partial charge is 0.354 e. The van der Waals surface area contributed by atoms with Crippen molar-refractivity contribution in [3.05, 3.63) is 58.5 Å². The molecule has 2 amide bonds. The Labute approximate surface area is 177 Å². The van der Waals surface area contributed by atoms with Crippen LogP contribution >= 0.6 is 35.6 Å². The molecular weight excluding hydrogens is 416 g/mol. The van der Waals surface area contributed by atoms with E-state index < -0.39 is 6.04 Å². The summed E-state index contributed by atoms with van der Waals surface area (Å²) in [6.45, 7) is 2.94. The Hall–Kier alpha value is -2.16. The molecule has 28 heavy (non-hydrogen) atoms. The van der Waals surface area contributed by atoms with Crippen LogP contribution in [0.5, 0.6) is 0 Å². The summed E-state index contributed by atoms with van der Waals surface area (Å²) in [6.07, 6.45) is 7.79. The summed E-state index contributed by atoms with van der Waals surface area (Å²) in [4.78, 5) is 31.0. The van der Waals surface area contributed by atoms with Gasteiger partial charge in [-0.15, -0.1) is 0 Å². The summed E-state index contributed by atoms with van der Waals surface area (Å²) in [5.74, 6) is -0.517. The van der Waals surface area contributed by atoms with Crippen LogP contribution in [0.4, 0.5) is 0 Å². The Morgan fingerprint density at radius 1 is 1.43 bits per heavy atom. The quantitative estimate of drug-likeness (QED) is 0.411. The molecule has 0 radical (unpaired) electrons. The number of nitrogens with zero attached hydrogens (tertiary/aromatic N) is 3. The van der Waals surface area contributed by atoms with Gasteiger partial charge in [0.1, 0.15) is 10.4 Å². The highest BCUT2D eigenvalue weighted by Crippen LogP contribution is 2.34. The highest BCUT2D eigenvalue weighted by Gasteiger charge is 2.38. The van der Waals surface area contributed by atoms with Gasteiger partial charge >= 0.3 is 0 Å². The van der Waals surface area contributed by atoms with Crippen LogP contribution in [0.2, 0.25) is 5.02 Å². The van der Waals surface area contributed by atoms with Gasteiger partial charge in [0, 0.05) is 30.5 Å². The molecule has 1 aliphatic rings. The van der Waals surface area contributed by atoms with Crippen molar-refractivity contribution in [2.75, 3.05) is 6.54 Å². The number of benzene rings is 1. The number of nitrogens with one attached hydrogen (secondary N) is 1. The van der Waals surface area contributed by atoms with E-state index in [1.807, 2.05) is 29.0 Å². The number of carbonyl (C=O) groups is 2. The van der Waals surface area contributed by atoms with E-state index in [1.165, 1.54) is 16.7 Å². The third-order valence-corrected chi connectivity index (χ3v) is 5.91. The molecule has 1 unspecified atom stereocenters. The fourth-order valence-electron chi connectivity index (χ4n) is 2.70. The summed E-state index contributed by atoms with van der Waals surface area (Å²) in [5, 5.41) is 3.41. The molecule has 1 aromatic heterocycles. The molecule has 6 nitrogen and oxygen atoms in total. The predicted octanol–water partition coefficient (Wildman–Crippen LogP) is 3.33. The second kappa shape index (κ2) is 9.36. The number of thioether (sulfide) groups is 1. The van der Waals surface area contributed by atoms with Crippen LogP contribution in [0.1, 0.15) is 18.9 Å². The Bertz CT molecular complexity index is 914. The zero-order valence-corrected chi connectivity index (χ0v) is 17.6. The zero-order valence-electron chi connectivity index (χ0n) is 15.2. The van der Waals surface area contributed by atoms with Gasteiger partial charge in [0.2, 0.25) is 5.91 Å². The van der Waals surface area contributed by atoms with Crippen molar-refractivity contribution in [3.8, 4) is 0 Å². The maximum absolute atomic E-state index is 12.8. The first-order valence-corrected chi connectivity index (χ1v) is 10.3. The minimum absolute atomic E-state index is 0.235. The van der Waals surface area contributed by atoms with Gasteiger partial charge in [0.05, 0.1) is 11.2 Å². The number of imidazole rings is 1. The third kappa shape index (κ3) is 4.81. The molecule has 1 atom stereocenters. The Balaban J connectivity index is 1.59. The number of amides is 2. The van der Waals surface area contributed by atoms with Gasteiger partial charge < -0.3 is 9.88 Å². The van der Waals surface area contributed by atoms with E-state index in [9.17, 15) is 9.59 Å².